The van der Waals surface area contributed by atoms with Crippen molar-refractivity contribution < 1.29 is 4.79 Å². The van der Waals surface area contributed by atoms with E-state index in [1.165, 1.54) is 0 Å². The number of nitrogens with two attached hydrogens (primary N) is 1. The fourth-order valence-electron chi connectivity index (χ4n) is 1.28. The van der Waals surface area contributed by atoms with Gasteiger partial charge in [-0.05, 0) is 26.0 Å². The van der Waals surface area contributed by atoms with Gasteiger partial charge in [0.1, 0.15) is 0 Å². The maximum atomic E-state index is 11.3. The molecule has 0 fully saturated rings. The Hall–Kier alpha value is -1.20. The van der Waals surface area contributed by atoms with Gasteiger partial charge in [0.05, 0.1) is 5.71 Å². The summed E-state index contributed by atoms with van der Waals surface area (Å²) in [6.45, 7) is 2.36. The zero-order valence-corrected chi connectivity index (χ0v) is 11.3. The third-order valence-electron chi connectivity index (χ3n) is 2.22. The molecule has 0 spiro atoms. The topological polar surface area (TPSA) is 67.5 Å². The fourth-order valence-corrected chi connectivity index (χ4v) is 1.85. The molecular formula is C12H16BrN3O. The molecule has 0 unspecified atom stereocenters. The number of nitrogens with one attached hydrogen (secondary N) is 1. The molecule has 3 N–H and O–H groups in total. The molecular weight excluding hydrogens is 282 g/mol. The number of hydrazone groups is 1. The molecule has 0 radical (unpaired) electrons. The molecule has 0 bridgehead atoms. The van der Waals surface area contributed by atoms with Gasteiger partial charge in [-0.2, -0.15) is 5.10 Å². The summed E-state index contributed by atoms with van der Waals surface area (Å²) in [7, 11) is 0. The summed E-state index contributed by atoms with van der Waals surface area (Å²) >= 11 is 3.44. The van der Waals surface area contributed by atoms with E-state index in [1.807, 2.05) is 31.2 Å². The summed E-state index contributed by atoms with van der Waals surface area (Å²) in [6.07, 6.45) is 1.08. The van der Waals surface area contributed by atoms with E-state index in [0.717, 1.165) is 15.7 Å². The summed E-state index contributed by atoms with van der Waals surface area (Å²) in [5.41, 5.74) is 9.56. The summed E-state index contributed by atoms with van der Waals surface area (Å²) in [5.74, 6) is -0.109. The highest BCUT2D eigenvalue weighted by Crippen LogP contribution is 2.16. The maximum absolute atomic E-state index is 11.3. The predicted octanol–water partition coefficient (Wildman–Crippen LogP) is 2.03. The van der Waals surface area contributed by atoms with Crippen molar-refractivity contribution in [3.63, 3.8) is 0 Å². The number of benzene rings is 1. The van der Waals surface area contributed by atoms with Crippen molar-refractivity contribution in [1.29, 1.82) is 0 Å². The second-order valence-corrected chi connectivity index (χ2v) is 4.46. The first kappa shape index (κ1) is 13.9. The fraction of sp³-hybridized carbons (Fsp3) is 0.333. The van der Waals surface area contributed by atoms with E-state index in [2.05, 4.69) is 26.5 Å². The number of amides is 1. The molecule has 1 rings (SSSR count). The molecule has 0 aliphatic rings. The van der Waals surface area contributed by atoms with Crippen LogP contribution in [0.25, 0.3) is 0 Å². The van der Waals surface area contributed by atoms with Gasteiger partial charge < -0.3 is 5.73 Å². The van der Waals surface area contributed by atoms with Crippen LogP contribution >= 0.6 is 15.9 Å². The van der Waals surface area contributed by atoms with Gasteiger partial charge in [0.2, 0.25) is 5.91 Å². The summed E-state index contributed by atoms with van der Waals surface area (Å²) in [5, 5.41) is 4.05. The van der Waals surface area contributed by atoms with E-state index in [-0.39, 0.29) is 5.91 Å². The first-order valence-corrected chi connectivity index (χ1v) is 6.22. The van der Waals surface area contributed by atoms with Gasteiger partial charge in [-0.15, -0.1) is 0 Å². The van der Waals surface area contributed by atoms with Crippen LogP contribution in [0, 0.1) is 0 Å². The minimum absolute atomic E-state index is 0.109. The lowest BCUT2D eigenvalue weighted by molar-refractivity contribution is -0.121. The monoisotopic (exact) mass is 297 g/mol. The van der Waals surface area contributed by atoms with E-state index in [0.29, 0.717) is 19.4 Å². The van der Waals surface area contributed by atoms with Crippen LogP contribution in [0.2, 0.25) is 0 Å². The van der Waals surface area contributed by atoms with E-state index in [1.54, 1.807) is 0 Å². The average molecular weight is 298 g/mol. The smallest absolute Gasteiger partial charge is 0.240 e. The minimum Gasteiger partial charge on any atom is -0.330 e. The second kappa shape index (κ2) is 7.19. The molecule has 4 nitrogen and oxygen atoms in total. The van der Waals surface area contributed by atoms with E-state index >= 15 is 0 Å². The molecule has 92 valence electrons. The van der Waals surface area contributed by atoms with Crippen molar-refractivity contribution in [2.75, 3.05) is 6.54 Å². The van der Waals surface area contributed by atoms with Crippen molar-refractivity contribution in [2.45, 2.75) is 19.8 Å². The molecule has 0 aliphatic heterocycles. The number of carbonyl (C=O) groups is 1. The van der Waals surface area contributed by atoms with Crippen molar-refractivity contribution >= 4 is 27.5 Å². The molecule has 0 aliphatic carbocycles. The predicted molar refractivity (Wildman–Crippen MR) is 72.8 cm³/mol. The van der Waals surface area contributed by atoms with Crippen LogP contribution in [0.1, 0.15) is 25.3 Å². The van der Waals surface area contributed by atoms with Crippen molar-refractivity contribution in [3.05, 3.63) is 34.3 Å². The normalized spacial score (nSPS) is 11.4. The van der Waals surface area contributed by atoms with Gasteiger partial charge in [-0.1, -0.05) is 34.1 Å². The van der Waals surface area contributed by atoms with Gasteiger partial charge >= 0.3 is 0 Å². The first-order valence-electron chi connectivity index (χ1n) is 5.43. The highest BCUT2D eigenvalue weighted by Gasteiger charge is 2.03. The van der Waals surface area contributed by atoms with Gasteiger partial charge in [0, 0.05) is 16.5 Å². The standard InChI is InChI=1S/C12H16BrN3O/c1-9(10-5-2-3-6-11(10)13)15-16-12(17)7-4-8-14/h2-3,5-6H,4,7-8,14H2,1H3,(H,16,17)/b15-9-. The van der Waals surface area contributed by atoms with E-state index in [4.69, 9.17) is 5.73 Å². The molecule has 0 aromatic heterocycles. The Bertz CT molecular complexity index is 418. The average Bonchev–Trinajstić information content (AvgIpc) is 2.34. The largest absolute Gasteiger partial charge is 0.330 e. The van der Waals surface area contributed by atoms with Gasteiger partial charge in [-0.25, -0.2) is 5.43 Å². The molecule has 17 heavy (non-hydrogen) atoms. The SMILES string of the molecule is C/C(=N/NC(=O)CCCN)c1ccccc1Br. The Balaban J connectivity index is 2.61. The van der Waals surface area contributed by atoms with Gasteiger partial charge in [0.15, 0.2) is 0 Å². The molecule has 1 aromatic rings. The van der Waals surface area contributed by atoms with Crippen LogP contribution in [0.15, 0.2) is 33.8 Å². The summed E-state index contributed by atoms with van der Waals surface area (Å²) in [4.78, 5) is 11.3. The second-order valence-electron chi connectivity index (χ2n) is 3.60. The number of halogens is 1. The van der Waals surface area contributed by atoms with Crippen LogP contribution in [0.4, 0.5) is 0 Å². The van der Waals surface area contributed by atoms with Crippen LogP contribution in [-0.2, 0) is 4.79 Å². The van der Waals surface area contributed by atoms with Crippen LogP contribution < -0.4 is 11.2 Å². The van der Waals surface area contributed by atoms with Gasteiger partial charge in [0.25, 0.3) is 0 Å². The Morgan fingerprint density at radius 3 is 2.82 bits per heavy atom. The van der Waals surface area contributed by atoms with Crippen LogP contribution in [0.5, 0.6) is 0 Å². The van der Waals surface area contributed by atoms with Gasteiger partial charge in [-0.3, -0.25) is 4.79 Å². The Kier molecular flexibility index (Phi) is 5.86. The van der Waals surface area contributed by atoms with Crippen molar-refractivity contribution in [2.24, 2.45) is 10.8 Å². The molecule has 5 heteroatoms. The van der Waals surface area contributed by atoms with Crippen molar-refractivity contribution in [3.8, 4) is 0 Å². The van der Waals surface area contributed by atoms with Crippen LogP contribution in [0.3, 0.4) is 0 Å². The van der Waals surface area contributed by atoms with E-state index < -0.39 is 0 Å². The highest BCUT2D eigenvalue weighted by atomic mass is 79.9. The molecule has 1 amide bonds. The summed E-state index contributed by atoms with van der Waals surface area (Å²) < 4.78 is 0.956. The molecule has 1 aromatic carbocycles. The van der Waals surface area contributed by atoms with Crippen molar-refractivity contribution in [1.82, 2.24) is 5.43 Å². The lowest BCUT2D eigenvalue weighted by atomic mass is 10.1. The molecule has 0 saturated heterocycles. The quantitative estimate of drug-likeness (QED) is 0.645. The number of hydrogen-bond donors (Lipinski definition) is 2. The molecule has 0 atom stereocenters. The zero-order chi connectivity index (χ0) is 12.7. The lowest BCUT2D eigenvalue weighted by Crippen LogP contribution is -2.20. The first-order chi connectivity index (χ1) is 8.15. The zero-order valence-electron chi connectivity index (χ0n) is 9.74. The summed E-state index contributed by atoms with van der Waals surface area (Å²) in [6, 6.07) is 7.73. The third kappa shape index (κ3) is 4.66. The third-order valence-corrected chi connectivity index (χ3v) is 2.91. The number of nitrogens with zero attached hydrogens (tertiary/aromatic N) is 1. The van der Waals surface area contributed by atoms with E-state index in [9.17, 15) is 4.79 Å². The maximum Gasteiger partial charge on any atom is 0.240 e. The highest BCUT2D eigenvalue weighted by molar-refractivity contribution is 9.10. The molecule has 0 saturated carbocycles. The Morgan fingerprint density at radius 2 is 2.18 bits per heavy atom. The number of hydrogen-bond acceptors (Lipinski definition) is 3. The lowest BCUT2D eigenvalue weighted by Gasteiger charge is -2.04. The minimum atomic E-state index is -0.109. The Morgan fingerprint density at radius 1 is 1.47 bits per heavy atom. The van der Waals surface area contributed by atoms with Crippen LogP contribution in [-0.4, -0.2) is 18.2 Å². The number of carbonyl (C=O) groups excluding carboxylic acids is 1. The Labute approximate surface area is 109 Å². The molecule has 0 heterocycles. The number of rotatable bonds is 5.